The first-order chi connectivity index (χ1) is 10.3. The van der Waals surface area contributed by atoms with Crippen molar-refractivity contribution >= 4 is 28.1 Å². The summed E-state index contributed by atoms with van der Waals surface area (Å²) in [6, 6.07) is 7.55. The van der Waals surface area contributed by atoms with Gasteiger partial charge in [0.05, 0.1) is 20.3 Å². The number of hydrogen-bond donors (Lipinski definition) is 0. The van der Waals surface area contributed by atoms with Crippen LogP contribution in [0.4, 0.5) is 0 Å². The molecule has 0 spiro atoms. The Bertz CT molecular complexity index is 589. The summed E-state index contributed by atoms with van der Waals surface area (Å²) in [5.41, 5.74) is 1.43. The van der Waals surface area contributed by atoms with Gasteiger partial charge in [0.25, 0.3) is 0 Å². The molecule has 0 saturated carbocycles. The first kappa shape index (κ1) is 14.2. The van der Waals surface area contributed by atoms with Gasteiger partial charge in [-0.15, -0.1) is 0 Å². The summed E-state index contributed by atoms with van der Waals surface area (Å²) in [4.78, 5) is 18.6. The summed E-state index contributed by atoms with van der Waals surface area (Å²) in [5.74, 6) is 0.793. The smallest absolute Gasteiger partial charge is 0.245 e. The molecule has 0 N–H and O–H groups in total. The molecule has 0 bridgehead atoms. The maximum absolute atomic E-state index is 12.1. The quantitative estimate of drug-likeness (QED) is 0.782. The highest BCUT2D eigenvalue weighted by Crippen LogP contribution is 2.27. The third-order valence-corrected chi connectivity index (χ3v) is 4.24. The maximum Gasteiger partial charge on any atom is 0.245 e. The van der Waals surface area contributed by atoms with Crippen LogP contribution >= 0.6 is 11.8 Å². The SMILES string of the molecule is COc1ccc(/C=C2/N=C(N3CCOCC3)SC2=O)cc1. The summed E-state index contributed by atoms with van der Waals surface area (Å²) >= 11 is 1.20. The molecule has 1 fully saturated rings. The van der Waals surface area contributed by atoms with Gasteiger partial charge in [0, 0.05) is 13.1 Å². The maximum atomic E-state index is 12.1. The van der Waals surface area contributed by atoms with Crippen LogP contribution in [0, 0.1) is 0 Å². The number of hydrogen-bond acceptors (Lipinski definition) is 6. The molecule has 2 aliphatic rings. The molecule has 2 aliphatic heterocycles. The second-order valence-corrected chi connectivity index (χ2v) is 5.63. The van der Waals surface area contributed by atoms with Crippen LogP contribution in [0.25, 0.3) is 6.08 Å². The Kier molecular flexibility index (Phi) is 4.26. The molecular weight excluding hydrogens is 288 g/mol. The molecule has 0 unspecified atom stereocenters. The molecule has 2 heterocycles. The Hall–Kier alpha value is -1.79. The fourth-order valence-corrected chi connectivity index (χ4v) is 2.98. The second kappa shape index (κ2) is 6.32. The van der Waals surface area contributed by atoms with Gasteiger partial charge in [0.2, 0.25) is 5.12 Å². The van der Waals surface area contributed by atoms with Crippen molar-refractivity contribution in [1.82, 2.24) is 4.90 Å². The number of carbonyl (C=O) groups excluding carboxylic acids is 1. The number of ether oxygens (including phenoxy) is 2. The summed E-state index contributed by atoms with van der Waals surface area (Å²) < 4.78 is 10.4. The largest absolute Gasteiger partial charge is 0.497 e. The van der Waals surface area contributed by atoms with Gasteiger partial charge >= 0.3 is 0 Å². The number of benzene rings is 1. The van der Waals surface area contributed by atoms with E-state index in [1.807, 2.05) is 30.3 Å². The highest BCUT2D eigenvalue weighted by molar-refractivity contribution is 8.27. The molecule has 6 heteroatoms. The number of morpholine rings is 1. The summed E-state index contributed by atoms with van der Waals surface area (Å²) in [5, 5.41) is 0.773. The zero-order valence-electron chi connectivity index (χ0n) is 11.7. The van der Waals surface area contributed by atoms with E-state index in [1.54, 1.807) is 7.11 Å². The van der Waals surface area contributed by atoms with Crippen LogP contribution in [0.5, 0.6) is 5.75 Å². The fourth-order valence-electron chi connectivity index (χ4n) is 2.15. The topological polar surface area (TPSA) is 51.1 Å². The third-order valence-electron chi connectivity index (χ3n) is 3.31. The molecule has 0 atom stereocenters. The van der Waals surface area contributed by atoms with Gasteiger partial charge in [-0.1, -0.05) is 12.1 Å². The molecule has 3 rings (SSSR count). The van der Waals surface area contributed by atoms with Crippen molar-refractivity contribution in [2.45, 2.75) is 0 Å². The number of amidine groups is 1. The monoisotopic (exact) mass is 304 g/mol. The molecule has 0 amide bonds. The number of thioether (sulfide) groups is 1. The highest BCUT2D eigenvalue weighted by atomic mass is 32.2. The van der Waals surface area contributed by atoms with Gasteiger partial charge in [0.1, 0.15) is 11.4 Å². The van der Waals surface area contributed by atoms with Crippen LogP contribution in [-0.4, -0.2) is 48.6 Å². The Balaban J connectivity index is 1.78. The second-order valence-electron chi connectivity index (χ2n) is 4.69. The van der Waals surface area contributed by atoms with Crippen LogP contribution in [0.1, 0.15) is 5.56 Å². The van der Waals surface area contributed by atoms with E-state index in [9.17, 15) is 4.79 Å². The lowest BCUT2D eigenvalue weighted by molar-refractivity contribution is -0.107. The van der Waals surface area contributed by atoms with E-state index >= 15 is 0 Å². The molecule has 1 aromatic rings. The molecule has 1 saturated heterocycles. The van der Waals surface area contributed by atoms with Crippen molar-refractivity contribution in [3.05, 3.63) is 35.5 Å². The van der Waals surface area contributed by atoms with Gasteiger partial charge in [-0.05, 0) is 35.5 Å². The lowest BCUT2D eigenvalue weighted by Gasteiger charge is -2.27. The number of rotatable bonds is 2. The third kappa shape index (κ3) is 3.28. The summed E-state index contributed by atoms with van der Waals surface area (Å²) in [7, 11) is 1.63. The number of carbonyl (C=O) groups is 1. The Morgan fingerprint density at radius 1 is 1.29 bits per heavy atom. The normalized spacial score (nSPS) is 20.8. The molecular formula is C15H16N2O3S. The van der Waals surface area contributed by atoms with Gasteiger partial charge in [0.15, 0.2) is 5.17 Å². The first-order valence-corrected chi connectivity index (χ1v) is 7.57. The minimum atomic E-state index is -0.00712. The predicted octanol–water partition coefficient (Wildman–Crippen LogP) is 2.00. The van der Waals surface area contributed by atoms with E-state index < -0.39 is 0 Å². The van der Waals surface area contributed by atoms with Gasteiger partial charge in [-0.25, -0.2) is 4.99 Å². The Morgan fingerprint density at radius 2 is 2.00 bits per heavy atom. The van der Waals surface area contributed by atoms with E-state index in [0.29, 0.717) is 18.9 Å². The molecule has 21 heavy (non-hydrogen) atoms. The number of methoxy groups -OCH3 is 1. The van der Waals surface area contributed by atoms with E-state index in [2.05, 4.69) is 9.89 Å². The van der Waals surface area contributed by atoms with E-state index in [4.69, 9.17) is 9.47 Å². The molecule has 0 radical (unpaired) electrons. The van der Waals surface area contributed by atoms with Crippen LogP contribution in [0.2, 0.25) is 0 Å². The lowest BCUT2D eigenvalue weighted by atomic mass is 10.2. The van der Waals surface area contributed by atoms with Crippen LogP contribution in [0.3, 0.4) is 0 Å². The van der Waals surface area contributed by atoms with Crippen molar-refractivity contribution < 1.29 is 14.3 Å². The predicted molar refractivity (Wildman–Crippen MR) is 83.4 cm³/mol. The summed E-state index contributed by atoms with van der Waals surface area (Å²) in [6.07, 6.45) is 1.81. The number of nitrogens with zero attached hydrogens (tertiary/aromatic N) is 2. The Morgan fingerprint density at radius 3 is 2.67 bits per heavy atom. The van der Waals surface area contributed by atoms with Crippen LogP contribution in [-0.2, 0) is 9.53 Å². The first-order valence-electron chi connectivity index (χ1n) is 6.75. The van der Waals surface area contributed by atoms with Crippen molar-refractivity contribution in [3.8, 4) is 5.75 Å². The Labute approximate surface area is 127 Å². The molecule has 5 nitrogen and oxygen atoms in total. The average Bonchev–Trinajstić information content (AvgIpc) is 2.90. The van der Waals surface area contributed by atoms with Gasteiger partial charge in [-0.2, -0.15) is 0 Å². The van der Waals surface area contributed by atoms with E-state index in [0.717, 1.165) is 29.6 Å². The van der Waals surface area contributed by atoms with E-state index in [-0.39, 0.29) is 5.12 Å². The lowest BCUT2D eigenvalue weighted by Crippen LogP contribution is -2.38. The van der Waals surface area contributed by atoms with Gasteiger partial charge < -0.3 is 14.4 Å². The molecule has 0 aromatic heterocycles. The summed E-state index contributed by atoms with van der Waals surface area (Å²) in [6.45, 7) is 2.94. The minimum Gasteiger partial charge on any atom is -0.497 e. The highest BCUT2D eigenvalue weighted by Gasteiger charge is 2.27. The van der Waals surface area contributed by atoms with E-state index in [1.165, 1.54) is 11.8 Å². The molecule has 1 aromatic carbocycles. The zero-order valence-corrected chi connectivity index (χ0v) is 12.6. The van der Waals surface area contributed by atoms with Crippen molar-refractivity contribution in [2.24, 2.45) is 4.99 Å². The average molecular weight is 304 g/mol. The fraction of sp³-hybridized carbons (Fsp3) is 0.333. The zero-order chi connectivity index (χ0) is 14.7. The molecule has 110 valence electrons. The minimum absolute atomic E-state index is 0.00712. The van der Waals surface area contributed by atoms with Crippen molar-refractivity contribution in [3.63, 3.8) is 0 Å². The van der Waals surface area contributed by atoms with Crippen molar-refractivity contribution in [1.29, 1.82) is 0 Å². The van der Waals surface area contributed by atoms with Crippen LogP contribution in [0.15, 0.2) is 35.0 Å². The van der Waals surface area contributed by atoms with Gasteiger partial charge in [-0.3, -0.25) is 4.79 Å². The van der Waals surface area contributed by atoms with Crippen LogP contribution < -0.4 is 4.74 Å². The standard InChI is InChI=1S/C15H16N2O3S/c1-19-12-4-2-11(3-5-12)10-13-14(18)21-15(16-13)17-6-8-20-9-7-17/h2-5,10H,6-9H2,1H3/b13-10+. The van der Waals surface area contributed by atoms with Crippen molar-refractivity contribution in [2.75, 3.05) is 33.4 Å². The number of aliphatic imine (C=N–C) groups is 1. The molecule has 0 aliphatic carbocycles.